The predicted octanol–water partition coefficient (Wildman–Crippen LogP) is 2.26. The summed E-state index contributed by atoms with van der Waals surface area (Å²) in [5, 5.41) is 12.6. The summed E-state index contributed by atoms with van der Waals surface area (Å²) < 4.78 is 5.25. The first-order valence-electron chi connectivity index (χ1n) is 9.75. The maximum absolute atomic E-state index is 12.8. The van der Waals surface area contributed by atoms with Crippen LogP contribution in [0.15, 0.2) is 24.5 Å². The zero-order valence-electron chi connectivity index (χ0n) is 16.3. The predicted molar refractivity (Wildman–Crippen MR) is 106 cm³/mol. The van der Waals surface area contributed by atoms with E-state index in [0.717, 1.165) is 43.6 Å². The van der Waals surface area contributed by atoms with Crippen molar-refractivity contribution in [3.8, 4) is 6.07 Å². The van der Waals surface area contributed by atoms with E-state index >= 15 is 0 Å². The van der Waals surface area contributed by atoms with E-state index in [9.17, 15) is 10.1 Å². The Hall–Kier alpha value is -2.72. The summed E-state index contributed by atoms with van der Waals surface area (Å²) in [6, 6.07) is 6.01. The van der Waals surface area contributed by atoms with Crippen molar-refractivity contribution in [2.45, 2.75) is 32.2 Å². The maximum Gasteiger partial charge on any atom is 0.228 e. The quantitative estimate of drug-likeness (QED) is 0.857. The minimum Gasteiger partial charge on any atom is -0.384 e. The molecule has 1 aliphatic heterocycles. The molecule has 0 radical (unpaired) electrons. The second-order valence-electron chi connectivity index (χ2n) is 8.13. The maximum atomic E-state index is 12.8. The lowest BCUT2D eigenvalue weighted by atomic mass is 9.94. The molecule has 1 amide bonds. The fourth-order valence-electron chi connectivity index (χ4n) is 4.24. The van der Waals surface area contributed by atoms with Crippen molar-refractivity contribution in [2.24, 2.45) is 11.3 Å². The van der Waals surface area contributed by atoms with Gasteiger partial charge in [-0.15, -0.1) is 0 Å². The summed E-state index contributed by atoms with van der Waals surface area (Å²) in [6.45, 7) is 4.29. The summed E-state index contributed by atoms with van der Waals surface area (Å²) in [5.41, 5.74) is 2.52. The van der Waals surface area contributed by atoms with Crippen LogP contribution in [-0.2, 0) is 9.53 Å². The molecule has 1 aliphatic carbocycles. The Balaban J connectivity index is 1.57. The van der Waals surface area contributed by atoms with Gasteiger partial charge in [0.15, 0.2) is 0 Å². The molecule has 2 heterocycles. The van der Waals surface area contributed by atoms with Gasteiger partial charge in [-0.3, -0.25) is 14.8 Å². The molecule has 1 saturated carbocycles. The third-order valence-corrected chi connectivity index (χ3v) is 5.82. The summed E-state index contributed by atoms with van der Waals surface area (Å²) >= 11 is 0. The number of methoxy groups -OCH3 is 1. The Morgan fingerprint density at radius 2 is 2.07 bits per heavy atom. The van der Waals surface area contributed by atoms with Gasteiger partial charge in [-0.1, -0.05) is 6.92 Å². The van der Waals surface area contributed by atoms with E-state index in [2.05, 4.69) is 33.2 Å². The third-order valence-electron chi connectivity index (χ3n) is 5.82. The molecular formula is C21H25N5O2. The number of carbonyl (C=O) groups is 1. The molecular weight excluding hydrogens is 354 g/mol. The van der Waals surface area contributed by atoms with Crippen LogP contribution in [-0.4, -0.2) is 48.7 Å². The van der Waals surface area contributed by atoms with E-state index in [1.165, 1.54) is 0 Å². The van der Waals surface area contributed by atoms with Crippen LogP contribution in [0, 0.1) is 22.7 Å². The fourth-order valence-corrected chi connectivity index (χ4v) is 4.24. The minimum absolute atomic E-state index is 0.0768. The standard InChI is InChI=1S/C21H25N5O2/c1-14-9-16(25-20(27)21(5-6-21)13-28-2)12-26(11-14)17-4-3-15(10-22)18-19(17)24-8-7-23-18/h3-4,7-8,14,16H,5-6,9,11-13H2,1-2H3,(H,25,27)/t14-,16+/m0/s1. The number of piperidine rings is 1. The Morgan fingerprint density at radius 3 is 2.75 bits per heavy atom. The molecule has 0 unspecified atom stereocenters. The average molecular weight is 379 g/mol. The number of amides is 1. The number of hydrogen-bond acceptors (Lipinski definition) is 6. The number of benzene rings is 1. The molecule has 7 heteroatoms. The highest BCUT2D eigenvalue weighted by Crippen LogP contribution is 2.46. The topological polar surface area (TPSA) is 91.1 Å². The van der Waals surface area contributed by atoms with E-state index in [1.54, 1.807) is 25.6 Å². The molecule has 2 fully saturated rings. The van der Waals surface area contributed by atoms with Gasteiger partial charge >= 0.3 is 0 Å². The van der Waals surface area contributed by atoms with Gasteiger partial charge in [0.1, 0.15) is 17.1 Å². The van der Waals surface area contributed by atoms with Crippen LogP contribution < -0.4 is 10.2 Å². The van der Waals surface area contributed by atoms with Gasteiger partial charge in [0, 0.05) is 38.6 Å². The van der Waals surface area contributed by atoms with Crippen LogP contribution in [0.3, 0.4) is 0 Å². The number of ether oxygens (including phenoxy) is 1. The monoisotopic (exact) mass is 379 g/mol. The van der Waals surface area contributed by atoms with E-state index in [1.807, 2.05) is 6.07 Å². The van der Waals surface area contributed by atoms with Crippen molar-refractivity contribution in [2.75, 3.05) is 31.7 Å². The number of nitriles is 1. The number of nitrogens with one attached hydrogen (secondary N) is 1. The molecule has 2 atom stereocenters. The number of aromatic nitrogens is 2. The summed E-state index contributed by atoms with van der Waals surface area (Å²) in [7, 11) is 1.65. The molecule has 1 N–H and O–H groups in total. The normalized spacial score (nSPS) is 23.2. The van der Waals surface area contributed by atoms with Crippen molar-refractivity contribution < 1.29 is 9.53 Å². The zero-order valence-corrected chi connectivity index (χ0v) is 16.3. The highest BCUT2D eigenvalue weighted by molar-refractivity contribution is 5.92. The Kier molecular flexibility index (Phi) is 4.90. The first-order chi connectivity index (χ1) is 13.6. The molecule has 1 saturated heterocycles. The van der Waals surface area contributed by atoms with Crippen molar-refractivity contribution in [1.29, 1.82) is 5.26 Å². The van der Waals surface area contributed by atoms with E-state index < -0.39 is 0 Å². The molecule has 7 nitrogen and oxygen atoms in total. The van der Waals surface area contributed by atoms with E-state index in [0.29, 0.717) is 23.6 Å². The third kappa shape index (κ3) is 3.40. The fraction of sp³-hybridized carbons (Fsp3) is 0.524. The lowest BCUT2D eigenvalue weighted by molar-refractivity contribution is -0.129. The van der Waals surface area contributed by atoms with Crippen LogP contribution in [0.5, 0.6) is 0 Å². The molecule has 1 aromatic heterocycles. The van der Waals surface area contributed by atoms with Crippen LogP contribution in [0.4, 0.5) is 5.69 Å². The number of hydrogen-bond donors (Lipinski definition) is 1. The molecule has 146 valence electrons. The lowest BCUT2D eigenvalue weighted by Gasteiger charge is -2.39. The minimum atomic E-state index is -0.327. The average Bonchev–Trinajstić information content (AvgIpc) is 3.48. The SMILES string of the molecule is COCC1(C(=O)N[C@@H]2C[C@H](C)CN(c3ccc(C#N)c4nccnc34)C2)CC1. The summed E-state index contributed by atoms with van der Waals surface area (Å²) in [6.07, 6.45) is 6.01. The van der Waals surface area contributed by atoms with Gasteiger partial charge in [-0.25, -0.2) is 0 Å². The molecule has 2 aliphatic rings. The van der Waals surface area contributed by atoms with Gasteiger partial charge in [0.2, 0.25) is 5.91 Å². The van der Waals surface area contributed by atoms with Crippen LogP contribution in [0.25, 0.3) is 11.0 Å². The van der Waals surface area contributed by atoms with Crippen molar-refractivity contribution in [3.63, 3.8) is 0 Å². The number of anilines is 1. The first-order valence-corrected chi connectivity index (χ1v) is 9.75. The van der Waals surface area contributed by atoms with Gasteiger partial charge in [0.05, 0.1) is 23.3 Å². The summed E-state index contributed by atoms with van der Waals surface area (Å²) in [5.74, 6) is 0.539. The number of rotatable bonds is 5. The van der Waals surface area contributed by atoms with Crippen molar-refractivity contribution in [3.05, 3.63) is 30.1 Å². The van der Waals surface area contributed by atoms with Gasteiger partial charge < -0.3 is 15.0 Å². The van der Waals surface area contributed by atoms with Crippen molar-refractivity contribution >= 4 is 22.6 Å². The van der Waals surface area contributed by atoms with Crippen LogP contribution >= 0.6 is 0 Å². The second kappa shape index (κ2) is 7.36. The van der Waals surface area contributed by atoms with Crippen LogP contribution in [0.1, 0.15) is 31.7 Å². The molecule has 4 rings (SSSR count). The molecule has 0 bridgehead atoms. The number of fused-ring (bicyclic) bond motifs is 1. The Bertz CT molecular complexity index is 934. The summed E-state index contributed by atoms with van der Waals surface area (Å²) in [4.78, 5) is 23.9. The smallest absolute Gasteiger partial charge is 0.228 e. The highest BCUT2D eigenvalue weighted by Gasteiger charge is 2.50. The van der Waals surface area contributed by atoms with Gasteiger partial charge in [0.25, 0.3) is 0 Å². The first kappa shape index (κ1) is 18.6. The molecule has 2 aromatic rings. The zero-order chi connectivity index (χ0) is 19.7. The van der Waals surface area contributed by atoms with Crippen molar-refractivity contribution in [1.82, 2.24) is 15.3 Å². The highest BCUT2D eigenvalue weighted by atomic mass is 16.5. The molecule has 0 spiro atoms. The van der Waals surface area contributed by atoms with E-state index in [4.69, 9.17) is 4.74 Å². The van der Waals surface area contributed by atoms with Crippen LogP contribution in [0.2, 0.25) is 0 Å². The largest absolute Gasteiger partial charge is 0.384 e. The lowest BCUT2D eigenvalue weighted by Crippen LogP contribution is -2.52. The second-order valence-corrected chi connectivity index (χ2v) is 8.13. The van der Waals surface area contributed by atoms with Gasteiger partial charge in [-0.2, -0.15) is 5.26 Å². The van der Waals surface area contributed by atoms with E-state index in [-0.39, 0.29) is 17.4 Å². The Morgan fingerprint density at radius 1 is 1.32 bits per heavy atom. The Labute approximate surface area is 164 Å². The molecule has 28 heavy (non-hydrogen) atoms. The number of nitrogens with zero attached hydrogens (tertiary/aromatic N) is 4. The number of carbonyl (C=O) groups excluding carboxylic acids is 1. The van der Waals surface area contributed by atoms with Gasteiger partial charge in [-0.05, 0) is 37.3 Å². The molecule has 1 aromatic carbocycles.